The van der Waals surface area contributed by atoms with Gasteiger partial charge in [-0.15, -0.1) is 11.3 Å². The van der Waals surface area contributed by atoms with Crippen LogP contribution in [0.2, 0.25) is 0 Å². The molecule has 0 radical (unpaired) electrons. The van der Waals surface area contributed by atoms with Gasteiger partial charge in [-0.2, -0.15) is 11.8 Å². The van der Waals surface area contributed by atoms with Gasteiger partial charge in [0.25, 0.3) is 0 Å². The second kappa shape index (κ2) is 5.30. The molecule has 2 N–H and O–H groups in total. The summed E-state index contributed by atoms with van der Waals surface area (Å²) in [5, 5.41) is 3.94. The van der Waals surface area contributed by atoms with Crippen molar-refractivity contribution in [2.24, 2.45) is 5.73 Å². The van der Waals surface area contributed by atoms with Crippen molar-refractivity contribution in [2.45, 2.75) is 25.3 Å². The number of nitrogens with two attached hydrogens (primary N) is 1. The summed E-state index contributed by atoms with van der Waals surface area (Å²) < 4.78 is 0. The lowest BCUT2D eigenvalue weighted by Gasteiger charge is -2.29. The Morgan fingerprint density at radius 2 is 2.53 bits per heavy atom. The van der Waals surface area contributed by atoms with E-state index in [9.17, 15) is 0 Å². The Bertz CT molecular complexity index is 313. The van der Waals surface area contributed by atoms with Crippen LogP contribution in [0.25, 0.3) is 0 Å². The first-order chi connectivity index (χ1) is 7.28. The number of hydrogen-bond donors (Lipinski definition) is 1. The fraction of sp³-hybridized carbons (Fsp3) is 0.700. The van der Waals surface area contributed by atoms with Crippen LogP contribution in [-0.4, -0.2) is 34.0 Å². The van der Waals surface area contributed by atoms with Gasteiger partial charge in [0.1, 0.15) is 5.01 Å². The molecule has 0 spiro atoms. The van der Waals surface area contributed by atoms with Crippen molar-refractivity contribution in [2.75, 3.05) is 18.8 Å². The standard InChI is InChI=1S/C10H17N3S2/c1-8-5-13(2-3-14-8)6-9-7-15-10(4-11)12-9/h7-8H,2-6,11H2,1H3. The topological polar surface area (TPSA) is 42.1 Å². The van der Waals surface area contributed by atoms with E-state index >= 15 is 0 Å². The van der Waals surface area contributed by atoms with E-state index in [1.165, 1.54) is 24.5 Å². The van der Waals surface area contributed by atoms with Crippen molar-refractivity contribution in [3.05, 3.63) is 16.1 Å². The van der Waals surface area contributed by atoms with Gasteiger partial charge in [0, 0.05) is 42.6 Å². The summed E-state index contributed by atoms with van der Waals surface area (Å²) in [6.07, 6.45) is 0. The van der Waals surface area contributed by atoms with Gasteiger partial charge in [-0.05, 0) is 0 Å². The van der Waals surface area contributed by atoms with Gasteiger partial charge in [0.05, 0.1) is 5.69 Å². The summed E-state index contributed by atoms with van der Waals surface area (Å²) in [7, 11) is 0. The molecule has 1 atom stereocenters. The Labute approximate surface area is 99.1 Å². The summed E-state index contributed by atoms with van der Waals surface area (Å²) in [6, 6.07) is 0. The largest absolute Gasteiger partial charge is 0.325 e. The van der Waals surface area contributed by atoms with Crippen molar-refractivity contribution in [1.29, 1.82) is 0 Å². The van der Waals surface area contributed by atoms with Crippen LogP contribution >= 0.6 is 23.1 Å². The van der Waals surface area contributed by atoms with E-state index in [-0.39, 0.29) is 0 Å². The maximum absolute atomic E-state index is 5.55. The molecule has 1 unspecified atom stereocenters. The fourth-order valence-corrected chi connectivity index (χ4v) is 3.53. The number of thiazole rings is 1. The van der Waals surface area contributed by atoms with Gasteiger partial charge >= 0.3 is 0 Å². The van der Waals surface area contributed by atoms with E-state index in [4.69, 9.17) is 5.73 Å². The summed E-state index contributed by atoms with van der Waals surface area (Å²) in [5.74, 6) is 1.25. The number of rotatable bonds is 3. The van der Waals surface area contributed by atoms with Crippen molar-refractivity contribution in [3.8, 4) is 0 Å². The molecule has 0 bridgehead atoms. The van der Waals surface area contributed by atoms with Crippen LogP contribution in [0.1, 0.15) is 17.6 Å². The maximum Gasteiger partial charge on any atom is 0.106 e. The third-order valence-electron chi connectivity index (χ3n) is 2.48. The van der Waals surface area contributed by atoms with Crippen LogP contribution in [0.4, 0.5) is 0 Å². The average molecular weight is 243 g/mol. The minimum absolute atomic E-state index is 0.566. The third-order valence-corrected chi connectivity index (χ3v) is 4.54. The minimum Gasteiger partial charge on any atom is -0.325 e. The molecule has 3 nitrogen and oxygen atoms in total. The monoisotopic (exact) mass is 243 g/mol. The fourth-order valence-electron chi connectivity index (χ4n) is 1.78. The maximum atomic E-state index is 5.55. The van der Waals surface area contributed by atoms with E-state index in [2.05, 4.69) is 33.9 Å². The van der Waals surface area contributed by atoms with Gasteiger partial charge < -0.3 is 5.73 Å². The molecule has 0 aromatic carbocycles. The minimum atomic E-state index is 0.566. The van der Waals surface area contributed by atoms with Gasteiger partial charge in [-0.3, -0.25) is 4.90 Å². The van der Waals surface area contributed by atoms with Crippen molar-refractivity contribution >= 4 is 23.1 Å². The zero-order valence-corrected chi connectivity index (χ0v) is 10.6. The molecule has 5 heteroatoms. The lowest BCUT2D eigenvalue weighted by atomic mass is 10.3. The Morgan fingerprint density at radius 3 is 3.20 bits per heavy atom. The Balaban J connectivity index is 1.90. The molecule has 0 saturated carbocycles. The van der Waals surface area contributed by atoms with E-state index in [0.29, 0.717) is 6.54 Å². The van der Waals surface area contributed by atoms with Crippen LogP contribution in [-0.2, 0) is 13.1 Å². The smallest absolute Gasteiger partial charge is 0.106 e. The van der Waals surface area contributed by atoms with Crippen molar-refractivity contribution < 1.29 is 0 Å². The highest BCUT2D eigenvalue weighted by Gasteiger charge is 2.17. The zero-order chi connectivity index (χ0) is 10.7. The number of hydrogen-bond acceptors (Lipinski definition) is 5. The molecule has 0 aliphatic carbocycles. The number of nitrogens with zero attached hydrogens (tertiary/aromatic N) is 2. The zero-order valence-electron chi connectivity index (χ0n) is 8.98. The molecular weight excluding hydrogens is 226 g/mol. The van der Waals surface area contributed by atoms with Gasteiger partial charge in [0.15, 0.2) is 0 Å². The molecule has 15 heavy (non-hydrogen) atoms. The van der Waals surface area contributed by atoms with Crippen LogP contribution in [0.15, 0.2) is 5.38 Å². The molecule has 1 aromatic rings. The van der Waals surface area contributed by atoms with Crippen LogP contribution in [0, 0.1) is 0 Å². The van der Waals surface area contributed by atoms with Gasteiger partial charge in [-0.25, -0.2) is 4.98 Å². The second-order valence-corrected chi connectivity index (χ2v) is 6.34. The van der Waals surface area contributed by atoms with Crippen LogP contribution < -0.4 is 5.73 Å². The molecular formula is C10H17N3S2. The highest BCUT2D eigenvalue weighted by molar-refractivity contribution is 7.99. The molecule has 1 fully saturated rings. The first-order valence-electron chi connectivity index (χ1n) is 5.25. The molecule has 1 aliphatic rings. The highest BCUT2D eigenvalue weighted by Crippen LogP contribution is 2.20. The third kappa shape index (κ3) is 3.17. The summed E-state index contributed by atoms with van der Waals surface area (Å²) in [4.78, 5) is 6.98. The summed E-state index contributed by atoms with van der Waals surface area (Å²) in [6.45, 7) is 6.21. The average Bonchev–Trinajstić information content (AvgIpc) is 2.65. The highest BCUT2D eigenvalue weighted by atomic mass is 32.2. The van der Waals surface area contributed by atoms with Gasteiger partial charge in [-0.1, -0.05) is 6.92 Å². The molecule has 1 saturated heterocycles. The van der Waals surface area contributed by atoms with E-state index in [1.807, 2.05) is 0 Å². The van der Waals surface area contributed by atoms with Crippen LogP contribution in [0.5, 0.6) is 0 Å². The van der Waals surface area contributed by atoms with Crippen molar-refractivity contribution in [1.82, 2.24) is 9.88 Å². The van der Waals surface area contributed by atoms with Crippen LogP contribution in [0.3, 0.4) is 0 Å². The van der Waals surface area contributed by atoms with Crippen molar-refractivity contribution in [3.63, 3.8) is 0 Å². The predicted molar refractivity (Wildman–Crippen MR) is 67.2 cm³/mol. The SMILES string of the molecule is CC1CN(Cc2csc(CN)n2)CCS1. The number of aromatic nitrogens is 1. The lowest BCUT2D eigenvalue weighted by Crippen LogP contribution is -2.36. The predicted octanol–water partition coefficient (Wildman–Crippen LogP) is 1.54. The first kappa shape index (κ1) is 11.4. The molecule has 0 amide bonds. The molecule has 1 aliphatic heterocycles. The number of thioether (sulfide) groups is 1. The van der Waals surface area contributed by atoms with E-state index < -0.39 is 0 Å². The second-order valence-electron chi connectivity index (χ2n) is 3.85. The molecule has 2 rings (SSSR count). The summed E-state index contributed by atoms with van der Waals surface area (Å²) >= 11 is 3.73. The summed E-state index contributed by atoms with van der Waals surface area (Å²) in [5.41, 5.74) is 6.73. The Morgan fingerprint density at radius 1 is 1.67 bits per heavy atom. The molecule has 1 aromatic heterocycles. The quantitative estimate of drug-likeness (QED) is 0.874. The Kier molecular flexibility index (Phi) is 4.02. The lowest BCUT2D eigenvalue weighted by molar-refractivity contribution is 0.275. The first-order valence-corrected chi connectivity index (χ1v) is 7.18. The van der Waals surface area contributed by atoms with Gasteiger partial charge in [0.2, 0.25) is 0 Å². The Hall–Kier alpha value is -0.100. The van der Waals surface area contributed by atoms with E-state index in [0.717, 1.165) is 16.8 Å². The van der Waals surface area contributed by atoms with E-state index in [1.54, 1.807) is 11.3 Å². The molecule has 2 heterocycles. The normalized spacial score (nSPS) is 23.2. The molecule has 84 valence electrons.